The summed E-state index contributed by atoms with van der Waals surface area (Å²) in [5, 5.41) is 3.59. The van der Waals surface area contributed by atoms with Crippen LogP contribution in [0.1, 0.15) is 46.5 Å². The lowest BCUT2D eigenvalue weighted by molar-refractivity contribution is 0.0175. The standard InChI is InChI=1S/C15H30N2O/c1-12(2)15-10-16-13(3)11-17(15)8-9-18-14-6-4-5-7-14/h12-16H,4-11H2,1-3H3. The third-order valence-electron chi connectivity index (χ3n) is 4.46. The Labute approximate surface area is 112 Å². The van der Waals surface area contributed by atoms with Crippen molar-refractivity contribution in [2.75, 3.05) is 26.2 Å². The molecule has 2 aliphatic rings. The number of nitrogens with one attached hydrogen (secondary N) is 1. The van der Waals surface area contributed by atoms with Crippen LogP contribution >= 0.6 is 0 Å². The first kappa shape index (κ1) is 14.3. The zero-order chi connectivity index (χ0) is 13.0. The molecule has 0 aromatic carbocycles. The summed E-state index contributed by atoms with van der Waals surface area (Å²) in [5.41, 5.74) is 0. The van der Waals surface area contributed by atoms with Crippen LogP contribution in [0.25, 0.3) is 0 Å². The SMILES string of the molecule is CC1CN(CCOC2CCCC2)C(C(C)C)CN1. The minimum Gasteiger partial charge on any atom is -0.377 e. The molecule has 0 aromatic rings. The van der Waals surface area contributed by atoms with E-state index in [-0.39, 0.29) is 0 Å². The normalized spacial score (nSPS) is 31.3. The lowest BCUT2D eigenvalue weighted by Crippen LogP contribution is -2.58. The predicted octanol–water partition coefficient (Wildman–Crippen LogP) is 2.26. The topological polar surface area (TPSA) is 24.5 Å². The molecule has 0 amide bonds. The second-order valence-electron chi connectivity index (χ2n) is 6.39. The molecule has 18 heavy (non-hydrogen) atoms. The first-order valence-corrected chi connectivity index (χ1v) is 7.76. The quantitative estimate of drug-likeness (QED) is 0.814. The Hall–Kier alpha value is -0.120. The number of piperazine rings is 1. The van der Waals surface area contributed by atoms with Crippen LogP contribution in [0.2, 0.25) is 0 Å². The highest BCUT2D eigenvalue weighted by atomic mass is 16.5. The number of hydrogen-bond donors (Lipinski definition) is 1. The molecule has 1 saturated carbocycles. The molecule has 0 bridgehead atoms. The third kappa shape index (κ3) is 3.94. The molecule has 1 saturated heterocycles. The van der Waals surface area contributed by atoms with Crippen molar-refractivity contribution in [2.45, 2.75) is 64.6 Å². The summed E-state index contributed by atoms with van der Waals surface area (Å²) in [7, 11) is 0. The fourth-order valence-corrected chi connectivity index (χ4v) is 3.31. The van der Waals surface area contributed by atoms with Gasteiger partial charge in [0.25, 0.3) is 0 Å². The van der Waals surface area contributed by atoms with Crippen LogP contribution in [0.3, 0.4) is 0 Å². The van der Waals surface area contributed by atoms with Gasteiger partial charge < -0.3 is 10.1 Å². The molecule has 106 valence electrons. The molecule has 2 unspecified atom stereocenters. The summed E-state index contributed by atoms with van der Waals surface area (Å²) >= 11 is 0. The van der Waals surface area contributed by atoms with Gasteiger partial charge in [-0.15, -0.1) is 0 Å². The van der Waals surface area contributed by atoms with Crippen molar-refractivity contribution < 1.29 is 4.74 Å². The Kier molecular flexibility index (Phi) is 5.46. The van der Waals surface area contributed by atoms with Crippen LogP contribution in [0.4, 0.5) is 0 Å². The van der Waals surface area contributed by atoms with Crippen LogP contribution < -0.4 is 5.32 Å². The van der Waals surface area contributed by atoms with E-state index in [4.69, 9.17) is 4.74 Å². The largest absolute Gasteiger partial charge is 0.377 e. The van der Waals surface area contributed by atoms with E-state index in [9.17, 15) is 0 Å². The van der Waals surface area contributed by atoms with Crippen molar-refractivity contribution in [2.24, 2.45) is 5.92 Å². The Morgan fingerprint density at radius 2 is 2.00 bits per heavy atom. The molecule has 1 aliphatic carbocycles. The van der Waals surface area contributed by atoms with E-state index in [1.54, 1.807) is 0 Å². The minimum atomic E-state index is 0.558. The molecular weight excluding hydrogens is 224 g/mol. The van der Waals surface area contributed by atoms with Gasteiger partial charge in [-0.05, 0) is 25.7 Å². The van der Waals surface area contributed by atoms with Gasteiger partial charge in [-0.3, -0.25) is 4.90 Å². The highest BCUT2D eigenvalue weighted by Gasteiger charge is 2.27. The van der Waals surface area contributed by atoms with E-state index in [0.717, 1.165) is 32.2 Å². The average Bonchev–Trinajstić information content (AvgIpc) is 2.82. The van der Waals surface area contributed by atoms with Gasteiger partial charge in [-0.25, -0.2) is 0 Å². The molecule has 1 heterocycles. The van der Waals surface area contributed by atoms with Gasteiger partial charge in [0, 0.05) is 31.7 Å². The monoisotopic (exact) mass is 254 g/mol. The average molecular weight is 254 g/mol. The zero-order valence-corrected chi connectivity index (χ0v) is 12.3. The summed E-state index contributed by atoms with van der Waals surface area (Å²) < 4.78 is 6.01. The van der Waals surface area contributed by atoms with Crippen LogP contribution in [0.15, 0.2) is 0 Å². The van der Waals surface area contributed by atoms with Gasteiger partial charge in [-0.1, -0.05) is 26.7 Å². The second-order valence-corrected chi connectivity index (χ2v) is 6.39. The molecule has 2 fully saturated rings. The molecule has 3 nitrogen and oxygen atoms in total. The first-order valence-electron chi connectivity index (χ1n) is 7.76. The van der Waals surface area contributed by atoms with E-state index in [2.05, 4.69) is 31.0 Å². The highest BCUT2D eigenvalue weighted by Crippen LogP contribution is 2.21. The first-order chi connectivity index (χ1) is 8.66. The van der Waals surface area contributed by atoms with Gasteiger partial charge in [-0.2, -0.15) is 0 Å². The summed E-state index contributed by atoms with van der Waals surface area (Å²) in [6.45, 7) is 11.2. The van der Waals surface area contributed by atoms with Crippen molar-refractivity contribution in [3.05, 3.63) is 0 Å². The summed E-state index contributed by atoms with van der Waals surface area (Å²) in [6, 6.07) is 1.29. The van der Waals surface area contributed by atoms with Crippen LogP contribution in [0, 0.1) is 5.92 Å². The van der Waals surface area contributed by atoms with Crippen molar-refractivity contribution in [1.29, 1.82) is 0 Å². The fourth-order valence-electron chi connectivity index (χ4n) is 3.31. The number of hydrogen-bond acceptors (Lipinski definition) is 3. The van der Waals surface area contributed by atoms with Gasteiger partial charge in [0.1, 0.15) is 0 Å². The van der Waals surface area contributed by atoms with Crippen LogP contribution in [0.5, 0.6) is 0 Å². The lowest BCUT2D eigenvalue weighted by atomic mass is 9.99. The van der Waals surface area contributed by atoms with Gasteiger partial charge in [0.15, 0.2) is 0 Å². The number of rotatable bonds is 5. The van der Waals surface area contributed by atoms with Crippen molar-refractivity contribution >= 4 is 0 Å². The Morgan fingerprint density at radius 3 is 2.67 bits per heavy atom. The highest BCUT2D eigenvalue weighted by molar-refractivity contribution is 4.85. The van der Waals surface area contributed by atoms with Gasteiger partial charge in [0.2, 0.25) is 0 Å². The minimum absolute atomic E-state index is 0.558. The molecule has 1 N–H and O–H groups in total. The van der Waals surface area contributed by atoms with E-state index < -0.39 is 0 Å². The molecule has 2 atom stereocenters. The second kappa shape index (κ2) is 6.88. The molecule has 0 radical (unpaired) electrons. The zero-order valence-electron chi connectivity index (χ0n) is 12.3. The summed E-state index contributed by atoms with van der Waals surface area (Å²) in [6.07, 6.45) is 5.85. The Morgan fingerprint density at radius 1 is 1.28 bits per heavy atom. The van der Waals surface area contributed by atoms with Gasteiger partial charge >= 0.3 is 0 Å². The molecule has 3 heteroatoms. The molecule has 0 spiro atoms. The number of ether oxygens (including phenoxy) is 1. The Bertz CT molecular complexity index is 239. The predicted molar refractivity (Wildman–Crippen MR) is 75.9 cm³/mol. The van der Waals surface area contributed by atoms with E-state index in [1.807, 2.05) is 0 Å². The van der Waals surface area contributed by atoms with E-state index >= 15 is 0 Å². The van der Waals surface area contributed by atoms with Crippen molar-refractivity contribution in [3.8, 4) is 0 Å². The smallest absolute Gasteiger partial charge is 0.0597 e. The van der Waals surface area contributed by atoms with E-state index in [1.165, 1.54) is 25.7 Å². The van der Waals surface area contributed by atoms with Gasteiger partial charge in [0.05, 0.1) is 12.7 Å². The van der Waals surface area contributed by atoms with E-state index in [0.29, 0.717) is 18.2 Å². The lowest BCUT2D eigenvalue weighted by Gasteiger charge is -2.41. The summed E-state index contributed by atoms with van der Waals surface area (Å²) in [5.74, 6) is 0.719. The molecule has 0 aromatic heterocycles. The Balaban J connectivity index is 1.73. The molecular formula is C15H30N2O. The molecule has 2 rings (SSSR count). The van der Waals surface area contributed by atoms with Crippen molar-refractivity contribution in [3.63, 3.8) is 0 Å². The maximum atomic E-state index is 6.01. The fraction of sp³-hybridized carbons (Fsp3) is 1.00. The third-order valence-corrected chi connectivity index (χ3v) is 4.46. The van der Waals surface area contributed by atoms with Crippen molar-refractivity contribution in [1.82, 2.24) is 10.2 Å². The molecule has 1 aliphatic heterocycles. The maximum absolute atomic E-state index is 6.01. The maximum Gasteiger partial charge on any atom is 0.0597 e. The van der Waals surface area contributed by atoms with Crippen LogP contribution in [-0.2, 0) is 4.74 Å². The number of nitrogens with zero attached hydrogens (tertiary/aromatic N) is 1. The summed E-state index contributed by atoms with van der Waals surface area (Å²) in [4.78, 5) is 2.63. The van der Waals surface area contributed by atoms with Crippen LogP contribution in [-0.4, -0.2) is 49.3 Å².